The van der Waals surface area contributed by atoms with Crippen LogP contribution in [-0.2, 0) is 6.54 Å². The van der Waals surface area contributed by atoms with Crippen LogP contribution < -0.4 is 11.3 Å². The molecule has 1 aromatic rings. The second kappa shape index (κ2) is 4.53. The van der Waals surface area contributed by atoms with E-state index in [1.54, 1.807) is 6.07 Å². The number of hydrogen-bond donors (Lipinski definition) is 1. The number of nitrogens with two attached hydrogens (primary N) is 1. The average molecular weight is 225 g/mol. The zero-order valence-corrected chi connectivity index (χ0v) is 9.97. The van der Waals surface area contributed by atoms with E-state index in [0.29, 0.717) is 18.0 Å². The average Bonchev–Trinajstić information content (AvgIpc) is 2.09. The number of rotatable bonds is 3. The molecule has 1 aromatic heterocycles. The number of hydrogen-bond acceptors (Lipinski definition) is 3. The van der Waals surface area contributed by atoms with E-state index in [2.05, 4.69) is 5.10 Å². The Kier molecular flexibility index (Phi) is 3.57. The molecule has 15 heavy (non-hydrogen) atoms. The number of nitrogens with zero attached hydrogens (tertiary/aromatic N) is 2. The first-order valence-corrected chi connectivity index (χ1v) is 5.21. The molecule has 0 fully saturated rings. The minimum Gasteiger partial charge on any atom is -0.389 e. The second-order valence-corrected chi connectivity index (χ2v) is 4.38. The summed E-state index contributed by atoms with van der Waals surface area (Å²) in [7, 11) is 0. The molecule has 0 aromatic carbocycles. The second-order valence-electron chi connectivity index (χ2n) is 3.94. The van der Waals surface area contributed by atoms with E-state index in [-0.39, 0.29) is 10.5 Å². The van der Waals surface area contributed by atoms with Crippen LogP contribution in [0.1, 0.15) is 25.1 Å². The van der Waals surface area contributed by atoms with Gasteiger partial charge in [0.15, 0.2) is 0 Å². The van der Waals surface area contributed by atoms with Crippen molar-refractivity contribution in [2.45, 2.75) is 27.3 Å². The fourth-order valence-electron chi connectivity index (χ4n) is 1.32. The predicted molar refractivity (Wildman–Crippen MR) is 64.0 cm³/mol. The maximum Gasteiger partial charge on any atom is 0.277 e. The van der Waals surface area contributed by atoms with Crippen LogP contribution in [-0.4, -0.2) is 14.8 Å². The quantitative estimate of drug-likeness (QED) is 0.774. The predicted octanol–water partition coefficient (Wildman–Crippen LogP) is 0.842. The first-order valence-electron chi connectivity index (χ1n) is 4.80. The Morgan fingerprint density at radius 1 is 1.67 bits per heavy atom. The highest BCUT2D eigenvalue weighted by Crippen LogP contribution is 1.99. The summed E-state index contributed by atoms with van der Waals surface area (Å²) >= 11 is 4.82. The maximum absolute atomic E-state index is 11.8. The molecule has 5 heteroatoms. The van der Waals surface area contributed by atoms with Crippen molar-refractivity contribution in [3.63, 3.8) is 0 Å². The summed E-state index contributed by atoms with van der Waals surface area (Å²) in [5.41, 5.74) is 6.39. The fraction of sp³-hybridized carbons (Fsp3) is 0.500. The van der Waals surface area contributed by atoms with Crippen molar-refractivity contribution in [2.75, 3.05) is 0 Å². The molecule has 0 aliphatic carbocycles. The number of aromatic nitrogens is 2. The smallest absolute Gasteiger partial charge is 0.277 e. The minimum absolute atomic E-state index is 0.128. The van der Waals surface area contributed by atoms with Crippen LogP contribution in [0.15, 0.2) is 10.9 Å². The van der Waals surface area contributed by atoms with Gasteiger partial charge in [-0.3, -0.25) is 4.79 Å². The largest absolute Gasteiger partial charge is 0.389 e. The summed E-state index contributed by atoms with van der Waals surface area (Å²) in [5, 5.41) is 4.14. The van der Waals surface area contributed by atoms with Crippen molar-refractivity contribution in [2.24, 2.45) is 11.7 Å². The molecule has 0 unspecified atom stereocenters. The lowest BCUT2D eigenvalue weighted by Gasteiger charge is -2.09. The van der Waals surface area contributed by atoms with E-state index < -0.39 is 0 Å². The Morgan fingerprint density at radius 2 is 2.27 bits per heavy atom. The Balaban J connectivity index is 3.29. The molecule has 2 N–H and O–H groups in total. The molecule has 0 atom stereocenters. The normalized spacial score (nSPS) is 10.7. The van der Waals surface area contributed by atoms with Gasteiger partial charge in [0.25, 0.3) is 5.56 Å². The third-order valence-electron chi connectivity index (χ3n) is 1.90. The van der Waals surface area contributed by atoms with Gasteiger partial charge in [0.05, 0.1) is 11.3 Å². The molecule has 4 nitrogen and oxygen atoms in total. The molecule has 1 heterocycles. The molecular weight excluding hydrogens is 210 g/mol. The van der Waals surface area contributed by atoms with Crippen LogP contribution in [0, 0.1) is 12.8 Å². The van der Waals surface area contributed by atoms with E-state index in [0.717, 1.165) is 5.69 Å². The van der Waals surface area contributed by atoms with Crippen molar-refractivity contribution in [3.8, 4) is 0 Å². The highest BCUT2D eigenvalue weighted by Gasteiger charge is 2.09. The van der Waals surface area contributed by atoms with E-state index in [9.17, 15) is 4.79 Å². The van der Waals surface area contributed by atoms with Crippen LogP contribution in [0.3, 0.4) is 0 Å². The highest BCUT2D eigenvalue weighted by molar-refractivity contribution is 7.80. The first-order chi connectivity index (χ1) is 6.91. The van der Waals surface area contributed by atoms with Crippen LogP contribution in [0.5, 0.6) is 0 Å². The summed E-state index contributed by atoms with van der Waals surface area (Å²) in [6, 6.07) is 1.63. The molecule has 0 aliphatic heterocycles. The molecule has 0 bridgehead atoms. The molecule has 0 saturated heterocycles. The third-order valence-corrected chi connectivity index (χ3v) is 2.12. The van der Waals surface area contributed by atoms with Gasteiger partial charge in [-0.25, -0.2) is 4.68 Å². The van der Waals surface area contributed by atoms with Gasteiger partial charge in [-0.05, 0) is 18.9 Å². The lowest BCUT2D eigenvalue weighted by atomic mass is 10.2. The molecule has 1 rings (SSSR count). The summed E-state index contributed by atoms with van der Waals surface area (Å²) in [6.45, 7) is 6.45. The Bertz CT molecular complexity index is 437. The summed E-state index contributed by atoms with van der Waals surface area (Å²) in [6.07, 6.45) is 0. The van der Waals surface area contributed by atoms with Gasteiger partial charge in [-0.15, -0.1) is 0 Å². The van der Waals surface area contributed by atoms with Gasteiger partial charge in [0, 0.05) is 6.54 Å². The number of thiocarbonyl (C=S) groups is 1. The van der Waals surface area contributed by atoms with Crippen molar-refractivity contribution in [3.05, 3.63) is 27.7 Å². The van der Waals surface area contributed by atoms with E-state index >= 15 is 0 Å². The monoisotopic (exact) mass is 225 g/mol. The van der Waals surface area contributed by atoms with Crippen molar-refractivity contribution >= 4 is 17.2 Å². The standard InChI is InChI=1S/C10H15N3OS/c1-6(2)5-13-10(14)8(9(11)15)4-7(3)12-13/h4,6H,5H2,1-3H3,(H2,11,15). The van der Waals surface area contributed by atoms with Gasteiger partial charge in [-0.1, -0.05) is 26.1 Å². The van der Waals surface area contributed by atoms with Crippen molar-refractivity contribution in [1.29, 1.82) is 0 Å². The minimum atomic E-state index is -0.207. The summed E-state index contributed by atoms with van der Waals surface area (Å²) < 4.78 is 1.43. The van der Waals surface area contributed by atoms with Crippen LogP contribution in [0.2, 0.25) is 0 Å². The van der Waals surface area contributed by atoms with Gasteiger partial charge in [0.2, 0.25) is 0 Å². The van der Waals surface area contributed by atoms with Gasteiger partial charge < -0.3 is 5.73 Å². The molecule has 0 amide bonds. The van der Waals surface area contributed by atoms with E-state index in [1.807, 2.05) is 20.8 Å². The lowest BCUT2D eigenvalue weighted by molar-refractivity contribution is 0.460. The van der Waals surface area contributed by atoms with Crippen LogP contribution >= 0.6 is 12.2 Å². The fourth-order valence-corrected chi connectivity index (χ4v) is 1.47. The highest BCUT2D eigenvalue weighted by atomic mass is 32.1. The SMILES string of the molecule is Cc1cc(C(N)=S)c(=O)n(CC(C)C)n1. The van der Waals surface area contributed by atoms with Gasteiger partial charge >= 0.3 is 0 Å². The lowest BCUT2D eigenvalue weighted by Crippen LogP contribution is -2.32. The Hall–Kier alpha value is -1.23. The summed E-state index contributed by atoms with van der Waals surface area (Å²) in [5.74, 6) is 0.358. The van der Waals surface area contributed by atoms with Gasteiger partial charge in [-0.2, -0.15) is 5.10 Å². The molecule has 0 radical (unpaired) electrons. The van der Waals surface area contributed by atoms with E-state index in [4.69, 9.17) is 18.0 Å². The number of aryl methyl sites for hydroxylation is 1. The van der Waals surface area contributed by atoms with Crippen molar-refractivity contribution < 1.29 is 0 Å². The Labute approximate surface area is 94.1 Å². The molecule has 0 spiro atoms. The maximum atomic E-state index is 11.8. The molecule has 0 saturated carbocycles. The van der Waals surface area contributed by atoms with Crippen LogP contribution in [0.4, 0.5) is 0 Å². The molecule has 82 valence electrons. The summed E-state index contributed by atoms with van der Waals surface area (Å²) in [4.78, 5) is 12.0. The van der Waals surface area contributed by atoms with E-state index in [1.165, 1.54) is 4.68 Å². The topological polar surface area (TPSA) is 60.9 Å². The van der Waals surface area contributed by atoms with Crippen LogP contribution in [0.25, 0.3) is 0 Å². The zero-order chi connectivity index (χ0) is 11.6. The molecule has 0 aliphatic rings. The molecular formula is C10H15N3OS. The zero-order valence-electron chi connectivity index (χ0n) is 9.15. The van der Waals surface area contributed by atoms with Crippen molar-refractivity contribution in [1.82, 2.24) is 9.78 Å². The first kappa shape index (κ1) is 11.8. The third kappa shape index (κ3) is 2.86. The van der Waals surface area contributed by atoms with Gasteiger partial charge in [0.1, 0.15) is 4.99 Å². The Morgan fingerprint density at radius 3 is 2.73 bits per heavy atom.